The summed E-state index contributed by atoms with van der Waals surface area (Å²) in [6.07, 6.45) is 0. The van der Waals surface area contributed by atoms with Crippen LogP contribution in [0.3, 0.4) is 0 Å². The summed E-state index contributed by atoms with van der Waals surface area (Å²) in [5.41, 5.74) is 25.7. The SMILES string of the molecule is Cc1ccc(-c2cc(C)ccc2N2c3ccc(C)cc3B3c4cc(C)ccc4N(c4ccc(C)cc4)c4cc(N(c5ccc(C(C)(C)C)cc5)c5ccc(C(C)(C)C)cc5)cc2c43)cc1. The van der Waals surface area contributed by atoms with Crippen molar-refractivity contribution in [2.75, 3.05) is 14.7 Å². The minimum Gasteiger partial charge on any atom is -0.311 e. The highest BCUT2D eigenvalue weighted by Gasteiger charge is 2.44. The molecule has 2 aliphatic rings. The van der Waals surface area contributed by atoms with Gasteiger partial charge in [0.15, 0.2) is 0 Å². The quantitative estimate of drug-likeness (QED) is 0.154. The maximum atomic E-state index is 2.58. The summed E-state index contributed by atoms with van der Waals surface area (Å²) in [5.74, 6) is 0. The molecule has 0 bridgehead atoms. The fourth-order valence-electron chi connectivity index (χ4n) is 10.1. The Morgan fingerprint density at radius 3 is 1.28 bits per heavy atom. The molecule has 0 aromatic heterocycles. The molecule has 4 heteroatoms. The highest BCUT2D eigenvalue weighted by atomic mass is 15.2. The smallest absolute Gasteiger partial charge is 0.252 e. The van der Waals surface area contributed by atoms with Gasteiger partial charge in [0, 0.05) is 45.4 Å². The molecule has 2 aliphatic heterocycles. The first-order valence-corrected chi connectivity index (χ1v) is 23.3. The molecule has 0 saturated heterocycles. The third-order valence-electron chi connectivity index (χ3n) is 13.7. The van der Waals surface area contributed by atoms with Gasteiger partial charge in [0.25, 0.3) is 6.71 Å². The summed E-state index contributed by atoms with van der Waals surface area (Å²) in [4.78, 5) is 7.59. The Labute approximate surface area is 388 Å². The zero-order valence-electron chi connectivity index (χ0n) is 40.0. The van der Waals surface area contributed by atoms with E-state index in [2.05, 4.69) is 255 Å². The van der Waals surface area contributed by atoms with E-state index < -0.39 is 0 Å². The Morgan fingerprint density at radius 2 is 0.785 bits per heavy atom. The van der Waals surface area contributed by atoms with E-state index in [4.69, 9.17) is 0 Å². The zero-order valence-corrected chi connectivity index (χ0v) is 40.0. The van der Waals surface area contributed by atoms with Crippen molar-refractivity contribution in [1.29, 1.82) is 0 Å². The number of rotatable bonds is 6. The second-order valence-corrected chi connectivity index (χ2v) is 20.8. The maximum absolute atomic E-state index is 2.58. The van der Waals surface area contributed by atoms with E-state index in [1.807, 2.05) is 0 Å². The molecule has 10 rings (SSSR count). The first kappa shape index (κ1) is 42.2. The van der Waals surface area contributed by atoms with Crippen LogP contribution in [-0.2, 0) is 10.8 Å². The number of hydrogen-bond donors (Lipinski definition) is 0. The Bertz CT molecular complexity index is 3040. The molecular formula is C61H60BN3. The number of anilines is 9. The Hall–Kier alpha value is -6.78. The Kier molecular flexibility index (Phi) is 10.2. The first-order valence-electron chi connectivity index (χ1n) is 23.3. The lowest BCUT2D eigenvalue weighted by molar-refractivity contribution is 0.590. The van der Waals surface area contributed by atoms with Crippen molar-refractivity contribution in [3.63, 3.8) is 0 Å². The normalized spacial score (nSPS) is 13.1. The molecule has 65 heavy (non-hydrogen) atoms. The van der Waals surface area contributed by atoms with Crippen molar-refractivity contribution in [1.82, 2.24) is 0 Å². The van der Waals surface area contributed by atoms with Gasteiger partial charge in [0.1, 0.15) is 0 Å². The first-order chi connectivity index (χ1) is 31.0. The molecule has 0 unspecified atom stereocenters. The van der Waals surface area contributed by atoms with Crippen LogP contribution in [0.1, 0.15) is 80.5 Å². The van der Waals surface area contributed by atoms with E-state index in [0.29, 0.717) is 0 Å². The largest absolute Gasteiger partial charge is 0.311 e. The van der Waals surface area contributed by atoms with Gasteiger partial charge in [-0.15, -0.1) is 0 Å². The van der Waals surface area contributed by atoms with Gasteiger partial charge in [0.05, 0.1) is 11.4 Å². The van der Waals surface area contributed by atoms with Crippen molar-refractivity contribution in [3.05, 3.63) is 203 Å². The molecule has 322 valence electrons. The standard InChI is InChI=1S/C61H60BN3/c1-39-12-19-44(20-13-39)51-34-41(3)16-31-54(51)65-56-33-18-43(5)36-53(56)62-52-35-42(4)17-32-55(52)64(49-25-14-40(2)15-26-49)57-37-50(38-58(65)59(57)62)63(47-27-21-45(22-28-47)60(6,7)8)48-29-23-46(24-30-48)61(9,10)11/h12-38H,1-11H3. The summed E-state index contributed by atoms with van der Waals surface area (Å²) in [5, 5.41) is 0. The fourth-order valence-corrected chi connectivity index (χ4v) is 10.1. The highest BCUT2D eigenvalue weighted by molar-refractivity contribution is 7.00. The minimum atomic E-state index is 0.00987. The summed E-state index contributed by atoms with van der Waals surface area (Å²) in [6.45, 7) is 24.8. The minimum absolute atomic E-state index is 0.00987. The number of hydrogen-bond acceptors (Lipinski definition) is 3. The fraction of sp³-hybridized carbons (Fsp3) is 0.213. The second-order valence-electron chi connectivity index (χ2n) is 20.8. The van der Waals surface area contributed by atoms with Crippen LogP contribution in [0.4, 0.5) is 51.2 Å². The molecule has 0 fully saturated rings. The lowest BCUT2D eigenvalue weighted by atomic mass is 9.33. The molecule has 0 aliphatic carbocycles. The van der Waals surface area contributed by atoms with Crippen molar-refractivity contribution >= 4 is 74.3 Å². The summed E-state index contributed by atoms with van der Waals surface area (Å²) in [6, 6.07) is 62.7. The van der Waals surface area contributed by atoms with Crippen LogP contribution in [0.15, 0.2) is 164 Å². The van der Waals surface area contributed by atoms with Gasteiger partial charge in [-0.1, -0.05) is 160 Å². The molecule has 8 aromatic carbocycles. The van der Waals surface area contributed by atoms with Gasteiger partial charge in [-0.05, 0) is 151 Å². The molecule has 0 N–H and O–H groups in total. The van der Waals surface area contributed by atoms with Crippen LogP contribution in [0.5, 0.6) is 0 Å². The van der Waals surface area contributed by atoms with Crippen molar-refractivity contribution in [2.24, 2.45) is 0 Å². The van der Waals surface area contributed by atoms with Gasteiger partial charge < -0.3 is 14.7 Å². The molecule has 0 atom stereocenters. The predicted molar refractivity (Wildman–Crippen MR) is 282 cm³/mol. The average Bonchev–Trinajstić information content (AvgIpc) is 3.27. The second kappa shape index (κ2) is 15.7. The van der Waals surface area contributed by atoms with Gasteiger partial charge >= 0.3 is 0 Å². The lowest BCUT2D eigenvalue weighted by Crippen LogP contribution is -2.61. The summed E-state index contributed by atoms with van der Waals surface area (Å²) < 4.78 is 0. The van der Waals surface area contributed by atoms with Crippen LogP contribution in [-0.4, -0.2) is 6.71 Å². The van der Waals surface area contributed by atoms with Gasteiger partial charge in [-0.3, -0.25) is 0 Å². The van der Waals surface area contributed by atoms with Crippen LogP contribution in [0.25, 0.3) is 11.1 Å². The average molecular weight is 846 g/mol. The van der Waals surface area contributed by atoms with E-state index in [9.17, 15) is 0 Å². The Balaban J connectivity index is 1.33. The molecule has 2 heterocycles. The molecule has 8 aromatic rings. The van der Waals surface area contributed by atoms with Crippen molar-refractivity contribution in [3.8, 4) is 11.1 Å². The van der Waals surface area contributed by atoms with E-state index in [1.165, 1.54) is 89.2 Å². The van der Waals surface area contributed by atoms with Crippen molar-refractivity contribution < 1.29 is 0 Å². The lowest BCUT2D eigenvalue weighted by Gasteiger charge is -2.45. The summed E-state index contributed by atoms with van der Waals surface area (Å²) >= 11 is 0. The van der Waals surface area contributed by atoms with Crippen LogP contribution < -0.4 is 31.1 Å². The number of aryl methyl sites for hydroxylation is 5. The van der Waals surface area contributed by atoms with E-state index in [-0.39, 0.29) is 17.5 Å². The van der Waals surface area contributed by atoms with Gasteiger partial charge in [-0.2, -0.15) is 0 Å². The third-order valence-corrected chi connectivity index (χ3v) is 13.7. The van der Waals surface area contributed by atoms with Crippen LogP contribution in [0, 0.1) is 34.6 Å². The van der Waals surface area contributed by atoms with Gasteiger partial charge in [0.2, 0.25) is 0 Å². The predicted octanol–water partition coefficient (Wildman–Crippen LogP) is 15.0. The third kappa shape index (κ3) is 7.53. The van der Waals surface area contributed by atoms with Crippen LogP contribution >= 0.6 is 0 Å². The number of benzene rings is 8. The van der Waals surface area contributed by atoms with E-state index in [1.54, 1.807) is 0 Å². The topological polar surface area (TPSA) is 9.72 Å². The van der Waals surface area contributed by atoms with Crippen molar-refractivity contribution in [2.45, 2.75) is 87.0 Å². The number of fused-ring (bicyclic) bond motifs is 4. The van der Waals surface area contributed by atoms with E-state index >= 15 is 0 Å². The summed E-state index contributed by atoms with van der Waals surface area (Å²) in [7, 11) is 0. The molecule has 0 amide bonds. The highest BCUT2D eigenvalue weighted by Crippen LogP contribution is 2.50. The molecule has 0 spiro atoms. The molecule has 3 nitrogen and oxygen atoms in total. The maximum Gasteiger partial charge on any atom is 0.252 e. The molecule has 0 saturated carbocycles. The van der Waals surface area contributed by atoms with Gasteiger partial charge in [-0.25, -0.2) is 0 Å². The van der Waals surface area contributed by atoms with Crippen LogP contribution in [0.2, 0.25) is 0 Å². The van der Waals surface area contributed by atoms with E-state index in [0.717, 1.165) is 28.4 Å². The molecular weight excluding hydrogens is 786 g/mol. The molecule has 0 radical (unpaired) electrons. The number of nitrogens with zero attached hydrogens (tertiary/aromatic N) is 3. The zero-order chi connectivity index (χ0) is 45.5. The Morgan fingerprint density at radius 1 is 0.369 bits per heavy atom. The monoisotopic (exact) mass is 845 g/mol.